The summed E-state index contributed by atoms with van der Waals surface area (Å²) in [6.07, 6.45) is 11.9. The topological polar surface area (TPSA) is 26.0 Å². The van der Waals surface area contributed by atoms with Crippen LogP contribution in [0.4, 0.5) is 5.69 Å². The van der Waals surface area contributed by atoms with Crippen molar-refractivity contribution in [2.75, 3.05) is 5.73 Å². The van der Waals surface area contributed by atoms with E-state index in [1.807, 2.05) is 0 Å². The smallest absolute Gasteiger partial charge is 0.0353 e. The summed E-state index contributed by atoms with van der Waals surface area (Å²) in [7, 11) is 0. The molecule has 0 radical (unpaired) electrons. The van der Waals surface area contributed by atoms with Crippen LogP contribution in [0.5, 0.6) is 0 Å². The van der Waals surface area contributed by atoms with Crippen LogP contribution in [0.1, 0.15) is 63.9 Å². The highest BCUT2D eigenvalue weighted by Crippen LogP contribution is 2.28. The van der Waals surface area contributed by atoms with Gasteiger partial charge in [0.25, 0.3) is 0 Å². The van der Waals surface area contributed by atoms with Crippen molar-refractivity contribution in [1.82, 2.24) is 0 Å². The molecular weight excluding hydrogens is 302 g/mol. The molecule has 0 atom stereocenters. The summed E-state index contributed by atoms with van der Waals surface area (Å²) >= 11 is 0. The minimum absolute atomic E-state index is 0.950. The molecule has 3 aromatic carbocycles. The molecule has 0 aliphatic carbocycles. The van der Waals surface area contributed by atoms with Gasteiger partial charge in [0.2, 0.25) is 0 Å². The summed E-state index contributed by atoms with van der Waals surface area (Å²) < 4.78 is 0. The molecule has 3 aromatic rings. The van der Waals surface area contributed by atoms with Crippen LogP contribution in [0.2, 0.25) is 0 Å². The van der Waals surface area contributed by atoms with E-state index < -0.39 is 0 Å². The van der Waals surface area contributed by atoms with E-state index in [-0.39, 0.29) is 0 Å². The summed E-state index contributed by atoms with van der Waals surface area (Å²) in [6, 6.07) is 17.5. The maximum absolute atomic E-state index is 6.33. The summed E-state index contributed by atoms with van der Waals surface area (Å²) in [6.45, 7) is 2.27. The number of aryl methyl sites for hydroxylation is 1. The van der Waals surface area contributed by atoms with E-state index in [1.54, 1.807) is 0 Å². The van der Waals surface area contributed by atoms with Gasteiger partial charge in [-0.2, -0.15) is 0 Å². The van der Waals surface area contributed by atoms with Gasteiger partial charge < -0.3 is 5.73 Å². The standard InChI is InChI=1S/C24H31N/c1-2-3-4-5-6-7-8-9-14-21-17-22-15-19-12-10-11-13-20(19)16-23(22)18-24(21)25/h10-13,15-18H,2-9,14,25H2,1H3. The number of hydrogen-bond donors (Lipinski definition) is 1. The van der Waals surface area contributed by atoms with Crippen LogP contribution in [0, 0.1) is 0 Å². The molecule has 0 amide bonds. The van der Waals surface area contributed by atoms with Crippen LogP contribution in [0.3, 0.4) is 0 Å². The fourth-order valence-corrected chi connectivity index (χ4v) is 3.72. The Labute approximate surface area is 152 Å². The second kappa shape index (κ2) is 8.89. The normalized spacial score (nSPS) is 11.4. The molecule has 0 heterocycles. The first-order chi connectivity index (χ1) is 12.3. The van der Waals surface area contributed by atoms with E-state index >= 15 is 0 Å². The lowest BCUT2D eigenvalue weighted by Crippen LogP contribution is -1.95. The Morgan fingerprint density at radius 3 is 1.84 bits per heavy atom. The van der Waals surface area contributed by atoms with Gasteiger partial charge in [-0.3, -0.25) is 0 Å². The molecule has 1 nitrogen and oxygen atoms in total. The minimum atomic E-state index is 0.950. The van der Waals surface area contributed by atoms with Crippen LogP contribution in [0.25, 0.3) is 21.5 Å². The number of benzene rings is 3. The molecular formula is C24H31N. The summed E-state index contributed by atoms with van der Waals surface area (Å²) in [5, 5.41) is 5.14. The molecule has 0 unspecified atom stereocenters. The monoisotopic (exact) mass is 333 g/mol. The minimum Gasteiger partial charge on any atom is -0.398 e. The number of nitrogen functional groups attached to an aromatic ring is 1. The maximum atomic E-state index is 6.33. The first-order valence-corrected chi connectivity index (χ1v) is 9.99. The molecule has 2 N–H and O–H groups in total. The number of rotatable bonds is 9. The van der Waals surface area contributed by atoms with Gasteiger partial charge in [-0.25, -0.2) is 0 Å². The van der Waals surface area contributed by atoms with E-state index in [0.717, 1.165) is 12.1 Å². The number of fused-ring (bicyclic) bond motifs is 2. The van der Waals surface area contributed by atoms with Crippen LogP contribution in [-0.2, 0) is 6.42 Å². The molecule has 0 aromatic heterocycles. The van der Waals surface area contributed by atoms with Gasteiger partial charge >= 0.3 is 0 Å². The lowest BCUT2D eigenvalue weighted by molar-refractivity contribution is 0.576. The molecule has 0 saturated carbocycles. The highest BCUT2D eigenvalue weighted by Gasteiger charge is 2.04. The van der Waals surface area contributed by atoms with Crippen LogP contribution in [0.15, 0.2) is 48.5 Å². The number of nitrogens with two attached hydrogens (primary N) is 1. The largest absolute Gasteiger partial charge is 0.398 e. The average molecular weight is 334 g/mol. The van der Waals surface area contributed by atoms with Gasteiger partial charge in [0, 0.05) is 5.69 Å². The van der Waals surface area contributed by atoms with E-state index in [0.29, 0.717) is 0 Å². The molecule has 0 bridgehead atoms. The first kappa shape index (κ1) is 17.8. The summed E-state index contributed by atoms with van der Waals surface area (Å²) in [5.74, 6) is 0. The molecule has 1 heteroatoms. The van der Waals surface area contributed by atoms with Crippen molar-refractivity contribution in [3.05, 3.63) is 54.1 Å². The summed E-state index contributed by atoms with van der Waals surface area (Å²) in [5.41, 5.74) is 8.59. The second-order valence-corrected chi connectivity index (χ2v) is 7.32. The van der Waals surface area contributed by atoms with Crippen molar-refractivity contribution in [2.24, 2.45) is 0 Å². The van der Waals surface area contributed by atoms with Crippen molar-refractivity contribution < 1.29 is 0 Å². The molecule has 3 rings (SSSR count). The molecule has 0 aliphatic heterocycles. The average Bonchev–Trinajstić information content (AvgIpc) is 2.62. The van der Waals surface area contributed by atoms with Crippen molar-refractivity contribution in [3.63, 3.8) is 0 Å². The van der Waals surface area contributed by atoms with Gasteiger partial charge in [-0.15, -0.1) is 0 Å². The van der Waals surface area contributed by atoms with Gasteiger partial charge in [-0.05, 0) is 64.2 Å². The Balaban J connectivity index is 1.60. The Bertz CT molecular complexity index is 819. The number of hydrogen-bond acceptors (Lipinski definition) is 1. The fraction of sp³-hybridized carbons (Fsp3) is 0.417. The first-order valence-electron chi connectivity index (χ1n) is 9.99. The van der Waals surface area contributed by atoms with Crippen LogP contribution in [-0.4, -0.2) is 0 Å². The maximum Gasteiger partial charge on any atom is 0.0353 e. The third-order valence-electron chi connectivity index (χ3n) is 5.26. The molecule has 0 fully saturated rings. The zero-order chi connectivity index (χ0) is 17.5. The Morgan fingerprint density at radius 2 is 1.20 bits per heavy atom. The molecule has 0 aliphatic rings. The quantitative estimate of drug-likeness (QED) is 0.249. The highest BCUT2D eigenvalue weighted by atomic mass is 14.6. The van der Waals surface area contributed by atoms with Crippen molar-refractivity contribution in [1.29, 1.82) is 0 Å². The molecule has 0 spiro atoms. The predicted octanol–water partition coefficient (Wildman–Crippen LogP) is 7.26. The van der Waals surface area contributed by atoms with Gasteiger partial charge in [0.05, 0.1) is 0 Å². The lowest BCUT2D eigenvalue weighted by atomic mass is 9.97. The fourth-order valence-electron chi connectivity index (χ4n) is 3.72. The van der Waals surface area contributed by atoms with Crippen molar-refractivity contribution in [3.8, 4) is 0 Å². The number of unbranched alkanes of at least 4 members (excludes halogenated alkanes) is 7. The van der Waals surface area contributed by atoms with Gasteiger partial charge in [0.15, 0.2) is 0 Å². The summed E-state index contributed by atoms with van der Waals surface area (Å²) in [4.78, 5) is 0. The van der Waals surface area contributed by atoms with E-state index in [4.69, 9.17) is 5.73 Å². The second-order valence-electron chi connectivity index (χ2n) is 7.32. The van der Waals surface area contributed by atoms with E-state index in [2.05, 4.69) is 55.5 Å². The zero-order valence-corrected chi connectivity index (χ0v) is 15.6. The van der Waals surface area contributed by atoms with Crippen molar-refractivity contribution >= 4 is 27.2 Å². The SMILES string of the molecule is CCCCCCCCCCc1cc2cc3ccccc3cc2cc1N. The number of anilines is 1. The third kappa shape index (κ3) is 4.75. The zero-order valence-electron chi connectivity index (χ0n) is 15.6. The van der Waals surface area contributed by atoms with Crippen LogP contribution < -0.4 is 5.73 Å². The van der Waals surface area contributed by atoms with E-state index in [1.165, 1.54) is 78.5 Å². The molecule has 0 saturated heterocycles. The molecule has 25 heavy (non-hydrogen) atoms. The Kier molecular flexibility index (Phi) is 6.33. The Morgan fingerprint density at radius 1 is 0.640 bits per heavy atom. The van der Waals surface area contributed by atoms with Crippen LogP contribution >= 0.6 is 0 Å². The lowest BCUT2D eigenvalue weighted by Gasteiger charge is -2.10. The van der Waals surface area contributed by atoms with Gasteiger partial charge in [-0.1, -0.05) is 76.1 Å². The molecule has 132 valence electrons. The van der Waals surface area contributed by atoms with Gasteiger partial charge in [0.1, 0.15) is 0 Å². The highest BCUT2D eigenvalue weighted by molar-refractivity contribution is 5.99. The van der Waals surface area contributed by atoms with E-state index in [9.17, 15) is 0 Å². The van der Waals surface area contributed by atoms with Crippen molar-refractivity contribution in [2.45, 2.75) is 64.7 Å². The third-order valence-corrected chi connectivity index (χ3v) is 5.26. The predicted molar refractivity (Wildman–Crippen MR) is 112 cm³/mol. The Hall–Kier alpha value is -2.02.